The van der Waals surface area contributed by atoms with Gasteiger partial charge in [-0.3, -0.25) is 4.79 Å². The smallest absolute Gasteiger partial charge is 0.230 e. The lowest BCUT2D eigenvalue weighted by Crippen LogP contribution is -2.29. The fourth-order valence-electron chi connectivity index (χ4n) is 2.63. The summed E-state index contributed by atoms with van der Waals surface area (Å²) in [5, 5.41) is 16.5. The summed E-state index contributed by atoms with van der Waals surface area (Å²) in [5.74, 6) is 0.342. The number of aliphatic hydroxyl groups is 1. The molecule has 1 amide bonds. The molecule has 2 aromatic rings. The maximum atomic E-state index is 11.9. The van der Waals surface area contributed by atoms with Crippen molar-refractivity contribution in [2.24, 2.45) is 0 Å². The minimum absolute atomic E-state index is 0.0419. The monoisotopic (exact) mass is 333 g/mol. The number of rotatable bonds is 6. The lowest BCUT2D eigenvalue weighted by atomic mass is 10.1. The quantitative estimate of drug-likeness (QED) is 0.798. The summed E-state index contributed by atoms with van der Waals surface area (Å²) in [7, 11) is 0. The number of thioether (sulfide) groups is 1. The molecular formula is C17H19NO2S2. The molecule has 3 nitrogen and oxygen atoms in total. The number of carbonyl (C=O) groups excluding carboxylic acids is 1. The number of thiophene rings is 1. The third-order valence-corrected chi connectivity index (χ3v) is 5.56. The van der Waals surface area contributed by atoms with Gasteiger partial charge in [-0.25, -0.2) is 0 Å². The second kappa shape index (κ2) is 7.31. The highest BCUT2D eigenvalue weighted by molar-refractivity contribution is 8.00. The minimum atomic E-state index is -0.625. The average Bonchev–Trinajstić information content (AvgIpc) is 3.20. The fraction of sp³-hybridized carbons (Fsp3) is 0.353. The molecule has 1 unspecified atom stereocenters. The van der Waals surface area contributed by atoms with Gasteiger partial charge >= 0.3 is 0 Å². The number of aliphatic hydroxyl groups excluding tert-OH is 1. The molecule has 5 heteroatoms. The molecule has 1 aliphatic rings. The van der Waals surface area contributed by atoms with Crippen molar-refractivity contribution in [1.29, 1.82) is 0 Å². The number of nitrogens with one attached hydrogen (secondary N) is 1. The molecule has 3 rings (SSSR count). The summed E-state index contributed by atoms with van der Waals surface area (Å²) < 4.78 is 0. The number of amides is 1. The van der Waals surface area contributed by atoms with Gasteiger partial charge in [-0.15, -0.1) is 11.8 Å². The maximum absolute atomic E-state index is 11.9. The van der Waals surface area contributed by atoms with E-state index in [9.17, 15) is 9.90 Å². The number of fused-ring (bicyclic) bond motifs is 1. The third-order valence-electron chi connectivity index (χ3n) is 3.86. The molecule has 1 aliphatic carbocycles. The number of hydrogen-bond donors (Lipinski definition) is 2. The van der Waals surface area contributed by atoms with E-state index in [1.807, 2.05) is 16.8 Å². The van der Waals surface area contributed by atoms with Crippen LogP contribution >= 0.6 is 23.1 Å². The number of hydrogen-bond acceptors (Lipinski definition) is 4. The van der Waals surface area contributed by atoms with E-state index >= 15 is 0 Å². The molecule has 0 radical (unpaired) electrons. The zero-order chi connectivity index (χ0) is 15.4. The topological polar surface area (TPSA) is 49.3 Å². The molecule has 0 aliphatic heterocycles. The van der Waals surface area contributed by atoms with Gasteiger partial charge in [0.25, 0.3) is 0 Å². The molecule has 2 N–H and O–H groups in total. The van der Waals surface area contributed by atoms with Crippen molar-refractivity contribution in [1.82, 2.24) is 5.32 Å². The highest BCUT2D eigenvalue weighted by atomic mass is 32.2. The summed E-state index contributed by atoms with van der Waals surface area (Å²) in [4.78, 5) is 13.0. The predicted octanol–water partition coefficient (Wildman–Crippen LogP) is 3.18. The SMILES string of the molecule is O=C(CSc1ccc2c(c1)CCC2)NCC(O)c1ccsc1. The fourth-order valence-corrected chi connectivity index (χ4v) is 4.13. The molecule has 0 saturated heterocycles. The van der Waals surface area contributed by atoms with Crippen molar-refractivity contribution in [2.45, 2.75) is 30.3 Å². The molecule has 0 bridgehead atoms. The summed E-state index contributed by atoms with van der Waals surface area (Å²) in [6.07, 6.45) is 2.95. The van der Waals surface area contributed by atoms with Crippen LogP contribution < -0.4 is 5.32 Å². The maximum Gasteiger partial charge on any atom is 0.230 e. The van der Waals surface area contributed by atoms with Crippen molar-refractivity contribution in [3.63, 3.8) is 0 Å². The van der Waals surface area contributed by atoms with Gasteiger partial charge in [-0.1, -0.05) is 6.07 Å². The van der Waals surface area contributed by atoms with E-state index in [0.717, 1.165) is 16.9 Å². The van der Waals surface area contributed by atoms with Gasteiger partial charge in [-0.2, -0.15) is 11.3 Å². The van der Waals surface area contributed by atoms with Crippen LogP contribution in [-0.4, -0.2) is 23.3 Å². The molecule has 116 valence electrons. The first kappa shape index (κ1) is 15.6. The third kappa shape index (κ3) is 3.91. The number of carbonyl (C=O) groups is 1. The lowest BCUT2D eigenvalue weighted by Gasteiger charge is -2.10. The van der Waals surface area contributed by atoms with E-state index in [-0.39, 0.29) is 12.5 Å². The Morgan fingerprint density at radius 1 is 1.32 bits per heavy atom. The Morgan fingerprint density at radius 2 is 2.18 bits per heavy atom. The van der Waals surface area contributed by atoms with Crippen molar-refractivity contribution in [3.05, 3.63) is 51.7 Å². The Labute approximate surface area is 138 Å². The van der Waals surface area contributed by atoms with Crippen LogP contribution in [0.3, 0.4) is 0 Å². The molecule has 1 heterocycles. The molecule has 0 fully saturated rings. The van der Waals surface area contributed by atoms with Crippen LogP contribution in [0, 0.1) is 0 Å². The Morgan fingerprint density at radius 3 is 3.00 bits per heavy atom. The molecular weight excluding hydrogens is 314 g/mol. The number of aryl methyl sites for hydroxylation is 2. The van der Waals surface area contributed by atoms with Crippen molar-refractivity contribution in [3.8, 4) is 0 Å². The Hall–Kier alpha value is -1.30. The lowest BCUT2D eigenvalue weighted by molar-refractivity contribution is -0.119. The minimum Gasteiger partial charge on any atom is -0.387 e. The van der Waals surface area contributed by atoms with Crippen molar-refractivity contribution < 1.29 is 9.90 Å². The van der Waals surface area contributed by atoms with Gasteiger partial charge < -0.3 is 10.4 Å². The van der Waals surface area contributed by atoms with Gasteiger partial charge in [0, 0.05) is 11.4 Å². The molecule has 1 aromatic heterocycles. The van der Waals surface area contributed by atoms with Crippen LogP contribution in [0.4, 0.5) is 0 Å². The molecule has 1 aromatic carbocycles. The average molecular weight is 333 g/mol. The van der Waals surface area contributed by atoms with Crippen LogP contribution in [0.1, 0.15) is 29.2 Å². The molecule has 0 spiro atoms. The largest absolute Gasteiger partial charge is 0.387 e. The predicted molar refractivity (Wildman–Crippen MR) is 91.5 cm³/mol. The van der Waals surface area contributed by atoms with Crippen molar-refractivity contribution in [2.75, 3.05) is 12.3 Å². The van der Waals surface area contributed by atoms with Crippen LogP contribution in [0.2, 0.25) is 0 Å². The summed E-state index contributed by atoms with van der Waals surface area (Å²) >= 11 is 3.09. The molecule has 22 heavy (non-hydrogen) atoms. The standard InChI is InChI=1S/C17H19NO2S2/c19-16(14-6-7-21-10-14)9-18-17(20)11-22-15-5-4-12-2-1-3-13(12)8-15/h4-8,10,16,19H,1-3,9,11H2,(H,18,20). The van der Waals surface area contributed by atoms with Crippen molar-refractivity contribution >= 4 is 29.0 Å². The van der Waals surface area contributed by atoms with Gasteiger partial charge in [0.1, 0.15) is 0 Å². The van der Waals surface area contributed by atoms with Gasteiger partial charge in [-0.05, 0) is 64.9 Å². The van der Waals surface area contributed by atoms with Gasteiger partial charge in [0.05, 0.1) is 11.9 Å². The first-order valence-electron chi connectivity index (χ1n) is 7.44. The summed E-state index contributed by atoms with van der Waals surface area (Å²) in [6, 6.07) is 8.37. The van der Waals surface area contributed by atoms with E-state index in [1.165, 1.54) is 24.0 Å². The summed E-state index contributed by atoms with van der Waals surface area (Å²) in [6.45, 7) is 0.264. The zero-order valence-electron chi connectivity index (χ0n) is 12.2. The summed E-state index contributed by atoms with van der Waals surface area (Å²) in [5.41, 5.74) is 3.74. The van der Waals surface area contributed by atoms with Crippen LogP contribution in [-0.2, 0) is 17.6 Å². The normalized spacial score (nSPS) is 14.6. The second-order valence-electron chi connectivity index (χ2n) is 5.45. The Bertz CT molecular complexity index is 640. The van der Waals surface area contributed by atoms with E-state index in [0.29, 0.717) is 5.75 Å². The van der Waals surface area contributed by atoms with E-state index in [2.05, 4.69) is 23.5 Å². The van der Waals surface area contributed by atoms with Crippen LogP contribution in [0.15, 0.2) is 39.9 Å². The van der Waals surface area contributed by atoms with E-state index in [4.69, 9.17) is 0 Å². The number of benzene rings is 1. The molecule has 1 atom stereocenters. The highest BCUT2D eigenvalue weighted by Crippen LogP contribution is 2.27. The second-order valence-corrected chi connectivity index (χ2v) is 7.28. The molecule has 0 saturated carbocycles. The van der Waals surface area contributed by atoms with Crippen LogP contribution in [0.5, 0.6) is 0 Å². The van der Waals surface area contributed by atoms with Gasteiger partial charge in [0.2, 0.25) is 5.91 Å². The van der Waals surface area contributed by atoms with Crippen LogP contribution in [0.25, 0.3) is 0 Å². The highest BCUT2D eigenvalue weighted by Gasteiger charge is 2.13. The Kier molecular flexibility index (Phi) is 5.18. The first-order chi connectivity index (χ1) is 10.7. The van der Waals surface area contributed by atoms with Gasteiger partial charge in [0.15, 0.2) is 0 Å². The zero-order valence-corrected chi connectivity index (χ0v) is 13.9. The van der Waals surface area contributed by atoms with E-state index in [1.54, 1.807) is 23.1 Å². The first-order valence-corrected chi connectivity index (χ1v) is 9.36. The Balaban J connectivity index is 1.44. The van der Waals surface area contributed by atoms with E-state index < -0.39 is 6.10 Å².